The molecule has 0 aliphatic carbocycles. The van der Waals surface area contributed by atoms with E-state index < -0.39 is 0 Å². The number of aldehydes is 1. The summed E-state index contributed by atoms with van der Waals surface area (Å²) in [6.07, 6.45) is 0.782. The molecular formula is C17H18N2O4. The lowest BCUT2D eigenvalue weighted by molar-refractivity contribution is 0.0699. The number of nitrogens with zero attached hydrogens (tertiary/aromatic N) is 1. The van der Waals surface area contributed by atoms with E-state index in [2.05, 4.69) is 5.32 Å². The van der Waals surface area contributed by atoms with Gasteiger partial charge in [0.1, 0.15) is 24.4 Å². The predicted octanol–water partition coefficient (Wildman–Crippen LogP) is 1.72. The van der Waals surface area contributed by atoms with E-state index >= 15 is 0 Å². The monoisotopic (exact) mass is 314 g/mol. The van der Waals surface area contributed by atoms with Crippen LogP contribution < -0.4 is 10.1 Å². The van der Waals surface area contributed by atoms with Crippen LogP contribution in [-0.2, 0) is 6.61 Å². The standard InChI is InChI=1S/C17H18N2O4/c20-11-13-1-3-14(4-2-13)22-12-15-5-6-16(23-15)17(21)19-9-7-18-8-10-19/h1-6,11,18H,7-10,12H2. The molecule has 1 aromatic carbocycles. The third-order valence-electron chi connectivity index (χ3n) is 3.67. The van der Waals surface area contributed by atoms with Gasteiger partial charge in [-0.25, -0.2) is 0 Å². The molecule has 3 rings (SSSR count). The van der Waals surface area contributed by atoms with Crippen molar-refractivity contribution in [2.75, 3.05) is 26.2 Å². The Labute approximate surface area is 134 Å². The Morgan fingerprint density at radius 2 is 1.91 bits per heavy atom. The smallest absolute Gasteiger partial charge is 0.289 e. The van der Waals surface area contributed by atoms with Gasteiger partial charge in [0.25, 0.3) is 5.91 Å². The number of hydrogen-bond donors (Lipinski definition) is 1. The van der Waals surface area contributed by atoms with Crippen molar-refractivity contribution >= 4 is 12.2 Å². The average Bonchev–Trinajstić information content (AvgIpc) is 3.09. The molecular weight excluding hydrogens is 296 g/mol. The number of piperazine rings is 1. The normalized spacial score (nSPS) is 14.5. The second-order valence-electron chi connectivity index (χ2n) is 5.28. The molecule has 1 aliphatic heterocycles. The fourth-order valence-corrected chi connectivity index (χ4v) is 2.39. The molecule has 2 aromatic rings. The Morgan fingerprint density at radius 1 is 1.17 bits per heavy atom. The Bertz CT molecular complexity index is 672. The molecule has 6 nitrogen and oxygen atoms in total. The summed E-state index contributed by atoms with van der Waals surface area (Å²) in [6, 6.07) is 10.2. The molecule has 0 bridgehead atoms. The summed E-state index contributed by atoms with van der Waals surface area (Å²) in [7, 11) is 0. The highest BCUT2D eigenvalue weighted by Gasteiger charge is 2.20. The first-order chi connectivity index (χ1) is 11.3. The molecule has 0 saturated carbocycles. The van der Waals surface area contributed by atoms with Crippen LogP contribution >= 0.6 is 0 Å². The molecule has 1 aromatic heterocycles. The van der Waals surface area contributed by atoms with E-state index in [1.165, 1.54) is 0 Å². The highest BCUT2D eigenvalue weighted by Crippen LogP contribution is 2.16. The van der Waals surface area contributed by atoms with Gasteiger partial charge in [-0.05, 0) is 36.4 Å². The van der Waals surface area contributed by atoms with Crippen molar-refractivity contribution in [1.29, 1.82) is 0 Å². The highest BCUT2D eigenvalue weighted by atomic mass is 16.5. The molecule has 2 heterocycles. The second-order valence-corrected chi connectivity index (χ2v) is 5.28. The Kier molecular flexibility index (Phi) is 4.73. The lowest BCUT2D eigenvalue weighted by atomic mass is 10.2. The third kappa shape index (κ3) is 3.78. The van der Waals surface area contributed by atoms with Gasteiger partial charge in [-0.2, -0.15) is 0 Å². The molecule has 0 radical (unpaired) electrons. The molecule has 6 heteroatoms. The van der Waals surface area contributed by atoms with Crippen molar-refractivity contribution < 1.29 is 18.7 Å². The number of ether oxygens (including phenoxy) is 1. The number of rotatable bonds is 5. The van der Waals surface area contributed by atoms with E-state index in [1.807, 2.05) is 0 Å². The molecule has 120 valence electrons. The summed E-state index contributed by atoms with van der Waals surface area (Å²) in [5.41, 5.74) is 0.597. The van der Waals surface area contributed by atoms with Crippen LogP contribution in [0.5, 0.6) is 5.75 Å². The molecule has 1 saturated heterocycles. The Balaban J connectivity index is 1.58. The van der Waals surface area contributed by atoms with Gasteiger partial charge >= 0.3 is 0 Å². The van der Waals surface area contributed by atoms with Crippen LogP contribution in [0.4, 0.5) is 0 Å². The van der Waals surface area contributed by atoms with E-state index in [4.69, 9.17) is 9.15 Å². The quantitative estimate of drug-likeness (QED) is 0.851. The Morgan fingerprint density at radius 3 is 2.61 bits per heavy atom. The van der Waals surface area contributed by atoms with Crippen molar-refractivity contribution in [2.24, 2.45) is 0 Å². The van der Waals surface area contributed by atoms with Crippen molar-refractivity contribution in [3.63, 3.8) is 0 Å². The summed E-state index contributed by atoms with van der Waals surface area (Å²) in [6.45, 7) is 3.22. The van der Waals surface area contributed by atoms with Gasteiger partial charge in [-0.1, -0.05) is 0 Å². The number of benzene rings is 1. The molecule has 0 unspecified atom stereocenters. The van der Waals surface area contributed by atoms with E-state index in [0.29, 0.717) is 35.9 Å². The molecule has 23 heavy (non-hydrogen) atoms. The first-order valence-corrected chi connectivity index (χ1v) is 7.53. The Hall–Kier alpha value is -2.60. The van der Waals surface area contributed by atoms with Gasteiger partial charge in [0.15, 0.2) is 5.76 Å². The van der Waals surface area contributed by atoms with Crippen molar-refractivity contribution in [3.05, 3.63) is 53.5 Å². The van der Waals surface area contributed by atoms with Gasteiger partial charge in [-0.15, -0.1) is 0 Å². The lowest BCUT2D eigenvalue weighted by Crippen LogP contribution is -2.46. The fourth-order valence-electron chi connectivity index (χ4n) is 2.39. The maximum Gasteiger partial charge on any atom is 0.289 e. The van der Waals surface area contributed by atoms with Gasteiger partial charge < -0.3 is 19.4 Å². The lowest BCUT2D eigenvalue weighted by Gasteiger charge is -2.26. The first-order valence-electron chi connectivity index (χ1n) is 7.53. The highest BCUT2D eigenvalue weighted by molar-refractivity contribution is 5.91. The van der Waals surface area contributed by atoms with Gasteiger partial charge in [0.05, 0.1) is 0 Å². The topological polar surface area (TPSA) is 71.8 Å². The summed E-state index contributed by atoms with van der Waals surface area (Å²) in [5, 5.41) is 3.21. The third-order valence-corrected chi connectivity index (χ3v) is 3.67. The number of nitrogens with one attached hydrogen (secondary N) is 1. The number of furan rings is 1. The van der Waals surface area contributed by atoms with Crippen LogP contribution in [-0.4, -0.2) is 43.3 Å². The second kappa shape index (κ2) is 7.11. The largest absolute Gasteiger partial charge is 0.486 e. The number of amides is 1. The van der Waals surface area contributed by atoms with Crippen LogP contribution in [0.2, 0.25) is 0 Å². The summed E-state index contributed by atoms with van der Waals surface area (Å²) >= 11 is 0. The molecule has 1 N–H and O–H groups in total. The van der Waals surface area contributed by atoms with Crippen molar-refractivity contribution in [3.8, 4) is 5.75 Å². The van der Waals surface area contributed by atoms with Crippen LogP contribution in [0.25, 0.3) is 0 Å². The van der Waals surface area contributed by atoms with E-state index in [9.17, 15) is 9.59 Å². The fraction of sp³-hybridized carbons (Fsp3) is 0.294. The van der Waals surface area contributed by atoms with Gasteiger partial charge in [0, 0.05) is 31.7 Å². The maximum absolute atomic E-state index is 12.3. The summed E-state index contributed by atoms with van der Waals surface area (Å²) in [5.74, 6) is 1.47. The van der Waals surface area contributed by atoms with Crippen LogP contribution in [0.15, 0.2) is 40.8 Å². The molecule has 1 amide bonds. The van der Waals surface area contributed by atoms with Crippen LogP contribution in [0.3, 0.4) is 0 Å². The minimum atomic E-state index is -0.0897. The molecule has 1 aliphatic rings. The summed E-state index contributed by atoms with van der Waals surface area (Å²) in [4.78, 5) is 24.7. The van der Waals surface area contributed by atoms with Crippen molar-refractivity contribution in [1.82, 2.24) is 10.2 Å². The number of carbonyl (C=O) groups is 2. The minimum Gasteiger partial charge on any atom is -0.486 e. The van der Waals surface area contributed by atoms with E-state index in [1.54, 1.807) is 41.3 Å². The molecule has 0 atom stereocenters. The van der Waals surface area contributed by atoms with Crippen molar-refractivity contribution in [2.45, 2.75) is 6.61 Å². The van der Waals surface area contributed by atoms with Gasteiger partial charge in [-0.3, -0.25) is 9.59 Å². The zero-order valence-electron chi connectivity index (χ0n) is 12.7. The van der Waals surface area contributed by atoms with E-state index in [-0.39, 0.29) is 12.5 Å². The minimum absolute atomic E-state index is 0.0897. The first kappa shape index (κ1) is 15.3. The SMILES string of the molecule is O=Cc1ccc(OCc2ccc(C(=O)N3CCNCC3)o2)cc1. The zero-order chi connectivity index (χ0) is 16.1. The predicted molar refractivity (Wildman–Crippen MR) is 83.6 cm³/mol. The zero-order valence-corrected chi connectivity index (χ0v) is 12.7. The maximum atomic E-state index is 12.3. The van der Waals surface area contributed by atoms with Gasteiger partial charge in [0.2, 0.25) is 0 Å². The van der Waals surface area contributed by atoms with Crippen LogP contribution in [0, 0.1) is 0 Å². The number of carbonyl (C=O) groups excluding carboxylic acids is 2. The molecule has 0 spiro atoms. The van der Waals surface area contributed by atoms with Crippen LogP contribution in [0.1, 0.15) is 26.7 Å². The summed E-state index contributed by atoms with van der Waals surface area (Å²) < 4.78 is 11.2. The molecule has 1 fully saturated rings. The average molecular weight is 314 g/mol. The van der Waals surface area contributed by atoms with E-state index in [0.717, 1.165) is 19.4 Å². The number of hydrogen-bond acceptors (Lipinski definition) is 5.